The van der Waals surface area contributed by atoms with Gasteiger partial charge in [-0.3, -0.25) is 14.4 Å². The first-order chi connectivity index (χ1) is 18.8. The van der Waals surface area contributed by atoms with Gasteiger partial charge in [0.25, 0.3) is 11.8 Å². The van der Waals surface area contributed by atoms with E-state index in [2.05, 4.69) is 10.6 Å². The van der Waals surface area contributed by atoms with Crippen LogP contribution in [0.2, 0.25) is 0 Å². The Morgan fingerprint density at radius 1 is 0.846 bits per heavy atom. The maximum Gasteiger partial charge on any atom is 0.256 e. The average Bonchev–Trinajstić information content (AvgIpc) is 3.34. The molecule has 9 heteroatoms. The molecule has 1 aliphatic heterocycles. The fraction of sp³-hybridized carbons (Fsp3) is 0.533. The van der Waals surface area contributed by atoms with E-state index in [4.69, 9.17) is 20.9 Å². The van der Waals surface area contributed by atoms with Gasteiger partial charge < -0.3 is 26.5 Å². The van der Waals surface area contributed by atoms with Crippen molar-refractivity contribution in [3.8, 4) is 11.5 Å². The predicted octanol–water partition coefficient (Wildman–Crippen LogP) is 4.98. The summed E-state index contributed by atoms with van der Waals surface area (Å²) in [6.45, 7) is 3.39. The summed E-state index contributed by atoms with van der Waals surface area (Å²) in [6, 6.07) is 1.70. The molecule has 2 fully saturated rings. The Kier molecular flexibility index (Phi) is 7.77. The number of hydrogen-bond donors (Lipinski definition) is 4. The number of aromatic nitrogens is 1. The first-order valence-corrected chi connectivity index (χ1v) is 14.3. The molecule has 0 unspecified atom stereocenters. The molecular weight excluding hydrogens is 494 g/mol. The summed E-state index contributed by atoms with van der Waals surface area (Å²) in [4.78, 5) is 45.0. The van der Waals surface area contributed by atoms with Crippen LogP contribution in [-0.2, 0) is 0 Å². The number of nitrogens with two attached hydrogens (primary N) is 2. The Morgan fingerprint density at radius 2 is 1.38 bits per heavy atom. The van der Waals surface area contributed by atoms with Crippen LogP contribution in [0.3, 0.4) is 0 Å². The molecule has 0 radical (unpaired) electrons. The third-order valence-electron chi connectivity index (χ3n) is 8.47. The molecule has 1 aromatic rings. The number of aryl methyl sites for hydroxylation is 1. The summed E-state index contributed by atoms with van der Waals surface area (Å²) in [5.41, 5.74) is 14.3. The molecule has 2 saturated carbocycles. The first kappa shape index (κ1) is 27.0. The summed E-state index contributed by atoms with van der Waals surface area (Å²) in [5.74, 6) is -0.549. The van der Waals surface area contributed by atoms with Gasteiger partial charge in [0, 0.05) is 28.9 Å². The smallest absolute Gasteiger partial charge is 0.256 e. The minimum Gasteiger partial charge on any atom is -0.452 e. The van der Waals surface area contributed by atoms with Gasteiger partial charge in [0.2, 0.25) is 5.43 Å². The van der Waals surface area contributed by atoms with Crippen LogP contribution in [-0.4, -0.2) is 28.9 Å². The van der Waals surface area contributed by atoms with Crippen molar-refractivity contribution in [2.75, 3.05) is 11.5 Å². The van der Waals surface area contributed by atoms with Crippen molar-refractivity contribution >= 4 is 34.3 Å². The number of rotatable bonds is 4. The van der Waals surface area contributed by atoms with Crippen LogP contribution in [0.1, 0.15) is 109 Å². The molecule has 4 aliphatic rings. The number of anilines is 2. The van der Waals surface area contributed by atoms with Crippen molar-refractivity contribution < 1.29 is 14.0 Å². The Balaban J connectivity index is 1.64. The van der Waals surface area contributed by atoms with Gasteiger partial charge in [-0.25, -0.2) is 4.98 Å². The topological polar surface area (TPSA) is 153 Å². The molecule has 0 bridgehead atoms. The summed E-state index contributed by atoms with van der Waals surface area (Å²) in [7, 11) is 0. The molecule has 6 N–H and O–H groups in total. The van der Waals surface area contributed by atoms with Crippen LogP contribution in [0.15, 0.2) is 15.3 Å². The van der Waals surface area contributed by atoms with E-state index in [1.807, 2.05) is 0 Å². The minimum atomic E-state index is -0.466. The zero-order chi connectivity index (χ0) is 27.7. The number of fused-ring (bicyclic) bond motifs is 2. The first-order valence-electron chi connectivity index (χ1n) is 14.3. The number of benzene rings is 2. The van der Waals surface area contributed by atoms with Crippen LogP contribution in [0.5, 0.6) is 0 Å². The zero-order valence-electron chi connectivity index (χ0n) is 23.0. The molecule has 39 heavy (non-hydrogen) atoms. The van der Waals surface area contributed by atoms with E-state index in [1.165, 1.54) is 12.8 Å². The van der Waals surface area contributed by atoms with Gasteiger partial charge in [-0.05, 0) is 45.6 Å². The molecule has 9 nitrogen and oxygen atoms in total. The van der Waals surface area contributed by atoms with Crippen molar-refractivity contribution in [2.45, 2.75) is 103 Å². The Bertz CT molecular complexity index is 1430. The standard InChI is InChI=1S/C30H39N5O4/c1-16-21(31)15-20(29(37)33-18-11-7-3-4-8-12-18)24-27(16)39-28-17(2)26(36)23(32)22(25(28)35-24)30(38)34-19-13-9-5-6-10-14-19/h15,18-19H,3-14,31-32H2,1-2H3,(H,33,37)(H,34,38). The highest BCUT2D eigenvalue weighted by molar-refractivity contribution is 6.09. The maximum absolute atomic E-state index is 13.6. The number of carbonyl (C=O) groups excluding carboxylic acids is 2. The summed E-state index contributed by atoms with van der Waals surface area (Å²) in [5, 5.41) is 6.24. The molecular formula is C30H39N5O4. The molecule has 0 saturated heterocycles. The van der Waals surface area contributed by atoms with Crippen LogP contribution in [0.25, 0.3) is 22.6 Å². The molecule has 0 atom stereocenters. The van der Waals surface area contributed by atoms with Gasteiger partial charge >= 0.3 is 0 Å². The molecule has 3 aliphatic carbocycles. The fourth-order valence-electron chi connectivity index (χ4n) is 6.05. The van der Waals surface area contributed by atoms with E-state index < -0.39 is 11.3 Å². The number of hydrogen-bond acceptors (Lipinski definition) is 7. The Hall–Kier alpha value is -3.62. The van der Waals surface area contributed by atoms with Crippen LogP contribution < -0.4 is 27.5 Å². The molecule has 1 aromatic carbocycles. The normalized spacial score (nSPS) is 17.6. The number of nitrogens with zero attached hydrogens (tertiary/aromatic N) is 1. The number of nitrogens with one attached hydrogen (secondary N) is 2. The highest BCUT2D eigenvalue weighted by atomic mass is 16.3. The Labute approximate surface area is 228 Å². The second kappa shape index (κ2) is 11.2. The van der Waals surface area contributed by atoms with Crippen LogP contribution >= 0.6 is 0 Å². The second-order valence-electron chi connectivity index (χ2n) is 11.3. The molecule has 1 heterocycles. The summed E-state index contributed by atoms with van der Waals surface area (Å²) in [6.07, 6.45) is 12.5. The molecule has 0 spiro atoms. The highest BCUT2D eigenvalue weighted by Gasteiger charge is 2.30. The maximum atomic E-state index is 13.6. The van der Waals surface area contributed by atoms with Crippen molar-refractivity contribution in [1.82, 2.24) is 15.6 Å². The summed E-state index contributed by atoms with van der Waals surface area (Å²) < 4.78 is 6.27. The van der Waals surface area contributed by atoms with E-state index in [9.17, 15) is 14.4 Å². The van der Waals surface area contributed by atoms with Crippen LogP contribution in [0, 0.1) is 13.8 Å². The van der Waals surface area contributed by atoms with E-state index >= 15 is 0 Å². The largest absolute Gasteiger partial charge is 0.452 e. The SMILES string of the molecule is Cc1c2oc3c(C)c(N)cc(C(=O)NC4CCCCCC4)c3nc-2c(C(=O)NC2CCCCCC2)c(N)c1=O. The van der Waals surface area contributed by atoms with E-state index in [1.54, 1.807) is 19.9 Å². The van der Waals surface area contributed by atoms with Crippen LogP contribution in [0.4, 0.5) is 11.4 Å². The fourth-order valence-corrected chi connectivity index (χ4v) is 6.05. The van der Waals surface area contributed by atoms with Gasteiger partial charge in [0.1, 0.15) is 11.2 Å². The lowest BCUT2D eigenvalue weighted by atomic mass is 9.98. The van der Waals surface area contributed by atoms with E-state index in [0.29, 0.717) is 22.4 Å². The monoisotopic (exact) mass is 533 g/mol. The van der Waals surface area contributed by atoms with Gasteiger partial charge in [0.05, 0.1) is 16.8 Å². The zero-order valence-corrected chi connectivity index (χ0v) is 23.0. The van der Waals surface area contributed by atoms with E-state index in [0.717, 1.165) is 64.2 Å². The quantitative estimate of drug-likeness (QED) is 0.209. The van der Waals surface area contributed by atoms with Gasteiger partial charge in [-0.2, -0.15) is 0 Å². The van der Waals surface area contributed by atoms with Crippen molar-refractivity contribution in [1.29, 1.82) is 0 Å². The lowest BCUT2D eigenvalue weighted by molar-refractivity contribution is 0.0926. The third kappa shape index (κ3) is 5.31. The number of amides is 2. The second-order valence-corrected chi connectivity index (χ2v) is 11.3. The third-order valence-corrected chi connectivity index (χ3v) is 8.47. The van der Waals surface area contributed by atoms with Gasteiger partial charge in [0.15, 0.2) is 11.3 Å². The lowest BCUT2D eigenvalue weighted by Crippen LogP contribution is -2.36. The summed E-state index contributed by atoms with van der Waals surface area (Å²) >= 11 is 0. The molecule has 0 aromatic heterocycles. The van der Waals surface area contributed by atoms with E-state index in [-0.39, 0.29) is 51.8 Å². The van der Waals surface area contributed by atoms with Gasteiger partial charge in [-0.15, -0.1) is 0 Å². The van der Waals surface area contributed by atoms with Crippen molar-refractivity contribution in [3.63, 3.8) is 0 Å². The lowest BCUT2D eigenvalue weighted by Gasteiger charge is -2.21. The highest BCUT2D eigenvalue weighted by Crippen LogP contribution is 2.36. The van der Waals surface area contributed by atoms with Crippen molar-refractivity contribution in [2.24, 2.45) is 0 Å². The average molecular weight is 534 g/mol. The van der Waals surface area contributed by atoms with Gasteiger partial charge in [-0.1, -0.05) is 51.4 Å². The molecule has 2 amide bonds. The number of carbonyl (C=O) groups is 2. The van der Waals surface area contributed by atoms with Crippen molar-refractivity contribution in [3.05, 3.63) is 38.5 Å². The number of nitrogen functional groups attached to an aromatic ring is 2. The predicted molar refractivity (Wildman–Crippen MR) is 153 cm³/mol. The minimum absolute atomic E-state index is 0.0000938. The molecule has 5 rings (SSSR count). The molecule has 208 valence electrons. The Morgan fingerprint density at radius 3 is 1.95 bits per heavy atom.